The Balaban J connectivity index is 0.00000392. The van der Waals surface area contributed by atoms with Crippen LogP contribution in [0.3, 0.4) is 0 Å². The van der Waals surface area contributed by atoms with Crippen molar-refractivity contribution in [2.45, 2.75) is 26.3 Å². The number of para-hydroxylation sites is 1. The second-order valence-electron chi connectivity index (χ2n) is 6.42. The molecule has 0 saturated carbocycles. The quantitative estimate of drug-likeness (QED) is 0.285. The van der Waals surface area contributed by atoms with E-state index in [9.17, 15) is 8.42 Å². The molecule has 0 radical (unpaired) electrons. The van der Waals surface area contributed by atoms with Gasteiger partial charge in [-0.1, -0.05) is 55.5 Å². The largest absolute Gasteiger partial charge is 0.357 e. The molecule has 0 spiro atoms. The molecule has 1 unspecified atom stereocenters. The minimum Gasteiger partial charge on any atom is -0.357 e. The molecule has 1 atom stereocenters. The molecule has 0 aromatic heterocycles. The number of nitrogens with one attached hydrogen (secondary N) is 3. The van der Waals surface area contributed by atoms with Gasteiger partial charge in [0, 0.05) is 13.1 Å². The van der Waals surface area contributed by atoms with Crippen molar-refractivity contribution in [3.05, 3.63) is 65.7 Å². The van der Waals surface area contributed by atoms with E-state index in [4.69, 9.17) is 0 Å². The average molecular weight is 516 g/mol. The first kappa shape index (κ1) is 24.2. The van der Waals surface area contributed by atoms with E-state index in [-0.39, 0.29) is 24.0 Å². The maximum atomic E-state index is 11.5. The topological polar surface area (TPSA) is 82.6 Å². The first-order chi connectivity index (χ1) is 12.9. The third kappa shape index (κ3) is 8.47. The third-order valence-corrected chi connectivity index (χ3v) is 4.60. The van der Waals surface area contributed by atoms with Gasteiger partial charge in [0.1, 0.15) is 0 Å². The molecule has 2 aromatic carbocycles. The molecule has 0 aliphatic carbocycles. The van der Waals surface area contributed by atoms with E-state index in [1.54, 1.807) is 12.1 Å². The SMILES string of the molecule is CCNC(=NCc1ccccc1NS(C)(=O)=O)NCC(C)c1ccccc1.I. The zero-order valence-electron chi connectivity index (χ0n) is 16.5. The lowest BCUT2D eigenvalue weighted by atomic mass is 10.0. The predicted octanol–water partition coefficient (Wildman–Crippen LogP) is 3.53. The Kier molecular flexibility index (Phi) is 10.3. The van der Waals surface area contributed by atoms with Crippen LogP contribution in [0.4, 0.5) is 5.69 Å². The number of benzene rings is 2. The number of guanidine groups is 1. The van der Waals surface area contributed by atoms with E-state index in [2.05, 4.69) is 39.4 Å². The van der Waals surface area contributed by atoms with E-state index in [1.165, 1.54) is 5.56 Å². The van der Waals surface area contributed by atoms with Crippen molar-refractivity contribution < 1.29 is 8.42 Å². The first-order valence-electron chi connectivity index (χ1n) is 9.02. The lowest BCUT2D eigenvalue weighted by Gasteiger charge is -2.16. The summed E-state index contributed by atoms with van der Waals surface area (Å²) < 4.78 is 25.6. The molecule has 0 aliphatic heterocycles. The maximum absolute atomic E-state index is 11.5. The molecule has 2 aromatic rings. The molecule has 0 aliphatic rings. The molecule has 0 amide bonds. The summed E-state index contributed by atoms with van der Waals surface area (Å²) in [5.41, 5.74) is 2.64. The van der Waals surface area contributed by atoms with Gasteiger partial charge in [-0.05, 0) is 30.0 Å². The Labute approximate surface area is 185 Å². The number of halogens is 1. The monoisotopic (exact) mass is 516 g/mol. The number of rotatable bonds is 8. The van der Waals surface area contributed by atoms with Crippen LogP contribution in [0.5, 0.6) is 0 Å². The number of hydrogen-bond donors (Lipinski definition) is 3. The van der Waals surface area contributed by atoms with Crippen LogP contribution >= 0.6 is 24.0 Å². The van der Waals surface area contributed by atoms with Crippen LogP contribution in [0.25, 0.3) is 0 Å². The van der Waals surface area contributed by atoms with E-state index in [0.29, 0.717) is 24.1 Å². The fourth-order valence-electron chi connectivity index (χ4n) is 2.61. The second-order valence-corrected chi connectivity index (χ2v) is 8.17. The minimum absolute atomic E-state index is 0. The van der Waals surface area contributed by atoms with Crippen molar-refractivity contribution in [1.82, 2.24) is 10.6 Å². The van der Waals surface area contributed by atoms with Gasteiger partial charge in [0.05, 0.1) is 18.5 Å². The highest BCUT2D eigenvalue weighted by atomic mass is 127. The van der Waals surface area contributed by atoms with Gasteiger partial charge < -0.3 is 10.6 Å². The summed E-state index contributed by atoms with van der Waals surface area (Å²) in [7, 11) is -3.33. The molecule has 0 saturated heterocycles. The molecule has 0 fully saturated rings. The molecule has 6 nitrogen and oxygen atoms in total. The highest BCUT2D eigenvalue weighted by Crippen LogP contribution is 2.17. The van der Waals surface area contributed by atoms with Gasteiger partial charge in [-0.15, -0.1) is 24.0 Å². The average Bonchev–Trinajstić information content (AvgIpc) is 2.64. The molecule has 8 heteroatoms. The van der Waals surface area contributed by atoms with Gasteiger partial charge in [-0.25, -0.2) is 13.4 Å². The van der Waals surface area contributed by atoms with E-state index in [0.717, 1.165) is 24.9 Å². The summed E-state index contributed by atoms with van der Waals surface area (Å²) in [5.74, 6) is 1.05. The zero-order chi connectivity index (χ0) is 19.7. The van der Waals surface area contributed by atoms with Crippen molar-refractivity contribution >= 4 is 45.6 Å². The highest BCUT2D eigenvalue weighted by molar-refractivity contribution is 14.0. The van der Waals surface area contributed by atoms with Crippen LogP contribution in [-0.4, -0.2) is 33.7 Å². The molecule has 2 rings (SSSR count). The fourth-order valence-corrected chi connectivity index (χ4v) is 3.21. The Morgan fingerprint density at radius 1 is 1.04 bits per heavy atom. The lowest BCUT2D eigenvalue weighted by Crippen LogP contribution is -2.39. The molecule has 28 heavy (non-hydrogen) atoms. The van der Waals surface area contributed by atoms with Crippen LogP contribution < -0.4 is 15.4 Å². The van der Waals surface area contributed by atoms with Crippen LogP contribution in [0, 0.1) is 0 Å². The van der Waals surface area contributed by atoms with Crippen LogP contribution in [-0.2, 0) is 16.6 Å². The van der Waals surface area contributed by atoms with Gasteiger partial charge in [0.15, 0.2) is 5.96 Å². The second kappa shape index (κ2) is 11.9. The number of hydrogen-bond acceptors (Lipinski definition) is 3. The molecular formula is C20H29IN4O2S. The summed E-state index contributed by atoms with van der Waals surface area (Å²) in [6.45, 7) is 6.04. The normalized spacial score (nSPS) is 12.6. The van der Waals surface area contributed by atoms with E-state index >= 15 is 0 Å². The fraction of sp³-hybridized carbons (Fsp3) is 0.350. The number of aliphatic imine (C=N–C) groups is 1. The molecular weight excluding hydrogens is 487 g/mol. The third-order valence-electron chi connectivity index (χ3n) is 4.01. The van der Waals surface area contributed by atoms with Crippen molar-refractivity contribution in [3.63, 3.8) is 0 Å². The minimum atomic E-state index is -3.33. The summed E-state index contributed by atoms with van der Waals surface area (Å²) in [5, 5.41) is 6.58. The summed E-state index contributed by atoms with van der Waals surface area (Å²) in [6.07, 6.45) is 1.14. The van der Waals surface area contributed by atoms with Gasteiger partial charge in [-0.2, -0.15) is 0 Å². The molecule has 0 heterocycles. The van der Waals surface area contributed by atoms with Crippen LogP contribution in [0.1, 0.15) is 30.9 Å². The summed E-state index contributed by atoms with van der Waals surface area (Å²) >= 11 is 0. The van der Waals surface area contributed by atoms with Gasteiger partial charge in [-0.3, -0.25) is 4.72 Å². The summed E-state index contributed by atoms with van der Waals surface area (Å²) in [6, 6.07) is 17.6. The predicted molar refractivity (Wildman–Crippen MR) is 128 cm³/mol. The van der Waals surface area contributed by atoms with Crippen molar-refractivity contribution in [1.29, 1.82) is 0 Å². The standard InChI is InChI=1S/C20H28N4O2S.HI/c1-4-21-20(22-14-16(2)17-10-6-5-7-11-17)23-15-18-12-8-9-13-19(18)24-27(3,25)26;/h5-13,16,24H,4,14-15H2,1-3H3,(H2,21,22,23);1H. The number of sulfonamides is 1. The number of nitrogens with zero attached hydrogens (tertiary/aromatic N) is 1. The van der Waals surface area contributed by atoms with Crippen molar-refractivity contribution in [3.8, 4) is 0 Å². The van der Waals surface area contributed by atoms with Crippen LogP contribution in [0.15, 0.2) is 59.6 Å². The van der Waals surface area contributed by atoms with Crippen molar-refractivity contribution in [2.24, 2.45) is 4.99 Å². The number of anilines is 1. The van der Waals surface area contributed by atoms with Gasteiger partial charge in [0.2, 0.25) is 10.0 Å². The maximum Gasteiger partial charge on any atom is 0.229 e. The smallest absolute Gasteiger partial charge is 0.229 e. The van der Waals surface area contributed by atoms with E-state index in [1.807, 2.05) is 37.3 Å². The highest BCUT2D eigenvalue weighted by Gasteiger charge is 2.08. The Morgan fingerprint density at radius 3 is 2.32 bits per heavy atom. The Bertz CT molecular complexity index is 858. The lowest BCUT2D eigenvalue weighted by molar-refractivity contribution is 0.606. The van der Waals surface area contributed by atoms with Crippen LogP contribution in [0.2, 0.25) is 0 Å². The first-order valence-corrected chi connectivity index (χ1v) is 10.9. The van der Waals surface area contributed by atoms with Gasteiger partial charge in [0.25, 0.3) is 0 Å². The molecule has 0 bridgehead atoms. The zero-order valence-corrected chi connectivity index (χ0v) is 19.6. The Morgan fingerprint density at radius 2 is 1.68 bits per heavy atom. The molecule has 3 N–H and O–H groups in total. The summed E-state index contributed by atoms with van der Waals surface area (Å²) in [4.78, 5) is 4.60. The Hall–Kier alpha value is -1.81. The van der Waals surface area contributed by atoms with Crippen molar-refractivity contribution in [2.75, 3.05) is 24.1 Å². The van der Waals surface area contributed by atoms with E-state index < -0.39 is 10.0 Å². The molecule has 154 valence electrons. The van der Waals surface area contributed by atoms with Gasteiger partial charge >= 0.3 is 0 Å².